The third-order valence-corrected chi connectivity index (χ3v) is 5.31. The van der Waals surface area contributed by atoms with Crippen molar-refractivity contribution in [3.05, 3.63) is 59.7 Å². The van der Waals surface area contributed by atoms with Gasteiger partial charge in [0.1, 0.15) is 13.2 Å². The van der Waals surface area contributed by atoms with Gasteiger partial charge < -0.3 is 19.7 Å². The van der Waals surface area contributed by atoms with Gasteiger partial charge in [0.2, 0.25) is 0 Å². The number of amides is 2. The second-order valence-electron chi connectivity index (χ2n) is 7.32. The van der Waals surface area contributed by atoms with Crippen molar-refractivity contribution in [3.8, 4) is 11.5 Å². The highest BCUT2D eigenvalue weighted by atomic mass is 16.6. The average Bonchev–Trinajstić information content (AvgIpc) is 2.74. The Morgan fingerprint density at radius 1 is 1.00 bits per heavy atom. The molecule has 0 aromatic heterocycles. The Morgan fingerprint density at radius 2 is 1.71 bits per heavy atom. The van der Waals surface area contributed by atoms with Gasteiger partial charge in [-0.1, -0.05) is 36.4 Å². The van der Waals surface area contributed by atoms with Gasteiger partial charge in [-0.15, -0.1) is 0 Å². The van der Waals surface area contributed by atoms with Crippen LogP contribution in [0.5, 0.6) is 11.5 Å². The van der Waals surface area contributed by atoms with E-state index in [1.165, 1.54) is 5.56 Å². The lowest BCUT2D eigenvalue weighted by molar-refractivity contribution is 0.133. The molecule has 2 heterocycles. The Balaban J connectivity index is 1.28. The highest BCUT2D eigenvalue weighted by molar-refractivity contribution is 5.75. The molecule has 2 aromatic carbocycles. The van der Waals surface area contributed by atoms with Gasteiger partial charge in [-0.05, 0) is 30.2 Å². The summed E-state index contributed by atoms with van der Waals surface area (Å²) in [5.74, 6) is 1.52. The highest BCUT2D eigenvalue weighted by Gasteiger charge is 2.23. The van der Waals surface area contributed by atoms with E-state index in [1.54, 1.807) is 0 Å². The predicted molar refractivity (Wildman–Crippen MR) is 108 cm³/mol. The SMILES string of the molecule is CC(NC(=O)N1CCN(Cc2ccccc2)CC1)c1ccc2c(c1)OCCO2. The highest BCUT2D eigenvalue weighted by Crippen LogP contribution is 2.32. The summed E-state index contributed by atoms with van der Waals surface area (Å²) < 4.78 is 11.2. The molecule has 0 saturated carbocycles. The molecule has 2 aliphatic heterocycles. The molecule has 1 unspecified atom stereocenters. The van der Waals surface area contributed by atoms with Crippen molar-refractivity contribution in [2.24, 2.45) is 0 Å². The van der Waals surface area contributed by atoms with Crippen molar-refractivity contribution in [3.63, 3.8) is 0 Å². The number of rotatable bonds is 4. The lowest BCUT2D eigenvalue weighted by Crippen LogP contribution is -2.51. The summed E-state index contributed by atoms with van der Waals surface area (Å²) in [7, 11) is 0. The fourth-order valence-corrected chi connectivity index (χ4v) is 3.64. The molecule has 6 heteroatoms. The smallest absolute Gasteiger partial charge is 0.317 e. The van der Waals surface area contributed by atoms with Gasteiger partial charge >= 0.3 is 6.03 Å². The standard InChI is InChI=1S/C22H27N3O3/c1-17(19-7-8-20-21(15-19)28-14-13-27-20)23-22(26)25-11-9-24(10-12-25)16-18-5-3-2-4-6-18/h2-8,15,17H,9-14,16H2,1H3,(H,23,26). The molecule has 1 atom stereocenters. The molecule has 1 N–H and O–H groups in total. The number of hydrogen-bond donors (Lipinski definition) is 1. The van der Waals surface area contributed by atoms with E-state index in [1.807, 2.05) is 36.1 Å². The van der Waals surface area contributed by atoms with Crippen molar-refractivity contribution in [2.75, 3.05) is 39.4 Å². The minimum Gasteiger partial charge on any atom is -0.486 e. The topological polar surface area (TPSA) is 54.0 Å². The van der Waals surface area contributed by atoms with E-state index in [-0.39, 0.29) is 12.1 Å². The maximum Gasteiger partial charge on any atom is 0.317 e. The van der Waals surface area contributed by atoms with Gasteiger partial charge in [0.25, 0.3) is 0 Å². The molecule has 6 nitrogen and oxygen atoms in total. The molecule has 4 rings (SSSR count). The zero-order valence-corrected chi connectivity index (χ0v) is 16.3. The fraction of sp³-hybridized carbons (Fsp3) is 0.409. The number of carbonyl (C=O) groups excluding carboxylic acids is 1. The minimum absolute atomic E-state index is 0.0123. The van der Waals surface area contributed by atoms with Gasteiger partial charge in [-0.3, -0.25) is 4.90 Å². The van der Waals surface area contributed by atoms with Crippen molar-refractivity contribution in [1.29, 1.82) is 0 Å². The molecular weight excluding hydrogens is 354 g/mol. The number of hydrogen-bond acceptors (Lipinski definition) is 4. The zero-order chi connectivity index (χ0) is 19.3. The van der Waals surface area contributed by atoms with Gasteiger partial charge in [0.05, 0.1) is 6.04 Å². The van der Waals surface area contributed by atoms with Crippen LogP contribution in [0, 0.1) is 0 Å². The summed E-state index contributed by atoms with van der Waals surface area (Å²) in [6.07, 6.45) is 0. The Hall–Kier alpha value is -2.73. The van der Waals surface area contributed by atoms with Crippen LogP contribution in [0.1, 0.15) is 24.1 Å². The molecule has 0 spiro atoms. The van der Waals surface area contributed by atoms with Crippen LogP contribution in [0.25, 0.3) is 0 Å². The van der Waals surface area contributed by atoms with E-state index in [0.29, 0.717) is 13.2 Å². The maximum atomic E-state index is 12.7. The molecular formula is C22H27N3O3. The third-order valence-electron chi connectivity index (χ3n) is 5.31. The Morgan fingerprint density at radius 3 is 2.46 bits per heavy atom. The molecule has 2 aromatic rings. The number of carbonyl (C=O) groups is 1. The lowest BCUT2D eigenvalue weighted by Gasteiger charge is -2.35. The zero-order valence-electron chi connectivity index (χ0n) is 16.3. The van der Waals surface area contributed by atoms with Gasteiger partial charge in [-0.25, -0.2) is 4.79 Å². The van der Waals surface area contributed by atoms with Gasteiger partial charge in [-0.2, -0.15) is 0 Å². The molecule has 0 radical (unpaired) electrons. The molecule has 2 aliphatic rings. The van der Waals surface area contributed by atoms with Crippen molar-refractivity contribution in [2.45, 2.75) is 19.5 Å². The second kappa shape index (κ2) is 8.52. The van der Waals surface area contributed by atoms with Crippen molar-refractivity contribution < 1.29 is 14.3 Å². The van der Waals surface area contributed by atoms with Crippen LogP contribution in [0.2, 0.25) is 0 Å². The summed E-state index contributed by atoms with van der Waals surface area (Å²) in [5.41, 5.74) is 2.33. The second-order valence-corrected chi connectivity index (χ2v) is 7.32. The molecule has 1 fully saturated rings. The van der Waals surface area contributed by atoms with E-state index in [2.05, 4.69) is 34.5 Å². The predicted octanol–water partition coefficient (Wildman–Crippen LogP) is 3.05. The average molecular weight is 381 g/mol. The van der Waals surface area contributed by atoms with E-state index >= 15 is 0 Å². The molecule has 148 valence electrons. The first kappa shape index (κ1) is 18.6. The third kappa shape index (κ3) is 4.39. The quantitative estimate of drug-likeness (QED) is 0.885. The van der Waals surface area contributed by atoms with Gasteiger partial charge in [0.15, 0.2) is 11.5 Å². The Labute approximate surface area is 166 Å². The molecule has 2 amide bonds. The van der Waals surface area contributed by atoms with Crippen LogP contribution >= 0.6 is 0 Å². The summed E-state index contributed by atoms with van der Waals surface area (Å²) in [6.45, 7) is 7.33. The van der Waals surface area contributed by atoms with Gasteiger partial charge in [0, 0.05) is 32.7 Å². The largest absolute Gasteiger partial charge is 0.486 e. The molecule has 1 saturated heterocycles. The maximum absolute atomic E-state index is 12.7. The number of fused-ring (bicyclic) bond motifs is 1. The van der Waals surface area contributed by atoms with Crippen LogP contribution in [-0.4, -0.2) is 55.2 Å². The number of piperazine rings is 1. The van der Waals surface area contributed by atoms with E-state index in [0.717, 1.165) is 49.8 Å². The van der Waals surface area contributed by atoms with Crippen molar-refractivity contribution >= 4 is 6.03 Å². The summed E-state index contributed by atoms with van der Waals surface area (Å²) >= 11 is 0. The number of ether oxygens (including phenoxy) is 2. The first-order valence-electron chi connectivity index (χ1n) is 9.90. The Bertz CT molecular complexity index is 804. The van der Waals surface area contributed by atoms with Crippen LogP contribution in [-0.2, 0) is 6.54 Å². The normalized spacial score (nSPS) is 17.8. The first-order valence-corrected chi connectivity index (χ1v) is 9.90. The number of urea groups is 1. The minimum atomic E-state index is -0.0920. The van der Waals surface area contributed by atoms with E-state index in [4.69, 9.17) is 9.47 Å². The Kier molecular flexibility index (Phi) is 5.67. The molecule has 28 heavy (non-hydrogen) atoms. The molecule has 0 bridgehead atoms. The van der Waals surface area contributed by atoms with Crippen LogP contribution in [0.3, 0.4) is 0 Å². The summed E-state index contributed by atoms with van der Waals surface area (Å²) in [5, 5.41) is 3.11. The summed E-state index contributed by atoms with van der Waals surface area (Å²) in [6, 6.07) is 16.2. The van der Waals surface area contributed by atoms with E-state index < -0.39 is 0 Å². The number of nitrogens with zero attached hydrogens (tertiary/aromatic N) is 2. The van der Waals surface area contributed by atoms with E-state index in [9.17, 15) is 4.79 Å². The summed E-state index contributed by atoms with van der Waals surface area (Å²) in [4.78, 5) is 17.0. The van der Waals surface area contributed by atoms with Crippen LogP contribution < -0.4 is 14.8 Å². The number of benzene rings is 2. The van der Waals surface area contributed by atoms with Crippen LogP contribution in [0.15, 0.2) is 48.5 Å². The van der Waals surface area contributed by atoms with Crippen LogP contribution in [0.4, 0.5) is 4.79 Å². The van der Waals surface area contributed by atoms with Crippen molar-refractivity contribution in [1.82, 2.24) is 15.1 Å². The number of nitrogens with one attached hydrogen (secondary N) is 1. The first-order chi connectivity index (χ1) is 13.7. The lowest BCUT2D eigenvalue weighted by atomic mass is 10.1. The fourth-order valence-electron chi connectivity index (χ4n) is 3.64. The monoisotopic (exact) mass is 381 g/mol. The molecule has 0 aliphatic carbocycles.